The van der Waals surface area contributed by atoms with E-state index in [1.165, 1.54) is 0 Å². The van der Waals surface area contributed by atoms with Crippen LogP contribution in [0.4, 0.5) is 0 Å². The topological polar surface area (TPSA) is 54.0 Å². The number of methoxy groups -OCH3 is 3. The summed E-state index contributed by atoms with van der Waals surface area (Å²) in [5.74, 6) is -0.608. The van der Waals surface area contributed by atoms with Crippen molar-refractivity contribution in [2.45, 2.75) is 51.8 Å². The minimum Gasteiger partial charge on any atom is -0.379 e. The van der Waals surface area contributed by atoms with Crippen LogP contribution in [-0.2, 0) is 23.7 Å². The lowest BCUT2D eigenvalue weighted by Crippen LogP contribution is -2.63. The van der Waals surface area contributed by atoms with Crippen molar-refractivity contribution in [3.05, 3.63) is 0 Å². The van der Waals surface area contributed by atoms with E-state index in [1.54, 1.807) is 21.3 Å². The first kappa shape index (κ1) is 16.9. The molecular formula is C16H22Br2O5. The van der Waals surface area contributed by atoms with E-state index in [9.17, 15) is 4.79 Å². The van der Waals surface area contributed by atoms with E-state index in [0.717, 1.165) is 19.3 Å². The fourth-order valence-electron chi connectivity index (χ4n) is 5.92. The highest BCUT2D eigenvalue weighted by atomic mass is 79.9. The predicted octanol–water partition coefficient (Wildman–Crippen LogP) is 2.43. The molecule has 130 valence electrons. The lowest BCUT2D eigenvalue weighted by molar-refractivity contribution is -0.230. The molecule has 0 N–H and O–H groups in total. The maximum absolute atomic E-state index is 13.6. The van der Waals surface area contributed by atoms with Crippen molar-refractivity contribution in [1.29, 1.82) is 0 Å². The van der Waals surface area contributed by atoms with Crippen molar-refractivity contribution in [3.8, 4) is 0 Å². The van der Waals surface area contributed by atoms with Crippen LogP contribution in [0.3, 0.4) is 0 Å². The molecule has 5 nitrogen and oxygen atoms in total. The average Bonchev–Trinajstić information content (AvgIpc) is 3.26. The zero-order valence-electron chi connectivity index (χ0n) is 13.6. The van der Waals surface area contributed by atoms with Crippen LogP contribution in [0.5, 0.6) is 0 Å². The summed E-state index contributed by atoms with van der Waals surface area (Å²) >= 11 is 7.79. The minimum atomic E-state index is -1.09. The maximum atomic E-state index is 13.6. The smallest absolute Gasteiger partial charge is 0.209 e. The van der Waals surface area contributed by atoms with Crippen molar-refractivity contribution in [1.82, 2.24) is 0 Å². The predicted molar refractivity (Wildman–Crippen MR) is 90.0 cm³/mol. The molecule has 4 rings (SSSR count). The first-order valence-corrected chi connectivity index (χ1v) is 9.68. The zero-order chi connectivity index (χ0) is 16.7. The molecule has 0 aromatic heterocycles. The number of carbonyl (C=O) groups excluding carboxylic acids is 1. The third-order valence-electron chi connectivity index (χ3n) is 6.72. The second-order valence-corrected chi connectivity index (χ2v) is 9.62. The van der Waals surface area contributed by atoms with E-state index in [2.05, 4.69) is 31.9 Å². The summed E-state index contributed by atoms with van der Waals surface area (Å²) in [5.41, 5.74) is -0.977. The molecule has 0 radical (unpaired) electrons. The summed E-state index contributed by atoms with van der Waals surface area (Å²) in [5, 5.41) is 0. The fourth-order valence-corrected chi connectivity index (χ4v) is 9.33. The molecule has 4 fully saturated rings. The number of fused-ring (bicyclic) bond motifs is 6. The molecule has 1 aliphatic heterocycles. The molecule has 4 aliphatic rings. The quantitative estimate of drug-likeness (QED) is 0.485. The molecule has 23 heavy (non-hydrogen) atoms. The lowest BCUT2D eigenvalue weighted by Gasteiger charge is -2.46. The van der Waals surface area contributed by atoms with E-state index in [4.69, 9.17) is 18.9 Å². The van der Waals surface area contributed by atoms with Crippen LogP contribution in [0, 0.1) is 11.8 Å². The average molecular weight is 454 g/mol. The van der Waals surface area contributed by atoms with Gasteiger partial charge >= 0.3 is 0 Å². The Morgan fingerprint density at radius 1 is 1.13 bits per heavy atom. The molecule has 7 heteroatoms. The standard InChI is InChI=1S/C16H22Br2O5/c1-20-9-7-13(23-8-9)12(19)14(17)10-5-4-6-11(10)15(13,18)16(14,21-2)22-3/h9-11H,4-8H2,1-3H3/t9-,10-,11+,13-,14-,15+/m1/s1. The second kappa shape index (κ2) is 5.01. The van der Waals surface area contributed by atoms with Crippen LogP contribution in [-0.4, -0.2) is 59.9 Å². The Kier molecular flexibility index (Phi) is 3.68. The number of alkyl halides is 2. The number of ketones is 1. The molecule has 2 bridgehead atoms. The highest BCUT2D eigenvalue weighted by molar-refractivity contribution is 9.11. The Hall–Kier alpha value is 0.470. The summed E-state index contributed by atoms with van der Waals surface area (Å²) in [6.07, 6.45) is 3.58. The van der Waals surface area contributed by atoms with Crippen molar-refractivity contribution >= 4 is 37.6 Å². The van der Waals surface area contributed by atoms with E-state index in [0.29, 0.717) is 13.0 Å². The van der Waals surface area contributed by atoms with Crippen LogP contribution in [0.2, 0.25) is 0 Å². The van der Waals surface area contributed by atoms with E-state index < -0.39 is 20.0 Å². The number of rotatable bonds is 3. The van der Waals surface area contributed by atoms with Crippen molar-refractivity contribution in [2.75, 3.05) is 27.9 Å². The normalized spacial score (nSPS) is 53.4. The third-order valence-corrected chi connectivity index (χ3v) is 9.94. The summed E-state index contributed by atoms with van der Waals surface area (Å²) < 4.78 is 21.9. The van der Waals surface area contributed by atoms with Gasteiger partial charge in [0, 0.05) is 27.8 Å². The Labute approximate surface area is 153 Å². The molecule has 0 unspecified atom stereocenters. The second-order valence-electron chi connectivity index (χ2n) is 7.12. The van der Waals surface area contributed by atoms with Gasteiger partial charge in [0.25, 0.3) is 0 Å². The molecule has 1 spiro atoms. The molecule has 1 saturated heterocycles. The molecule has 0 aromatic carbocycles. The third kappa shape index (κ3) is 1.45. The van der Waals surface area contributed by atoms with Crippen LogP contribution in [0.15, 0.2) is 0 Å². The van der Waals surface area contributed by atoms with Gasteiger partial charge in [-0.15, -0.1) is 0 Å². The van der Waals surface area contributed by atoms with E-state index in [-0.39, 0.29) is 23.7 Å². The first-order valence-electron chi connectivity index (χ1n) is 8.09. The maximum Gasteiger partial charge on any atom is 0.209 e. The Morgan fingerprint density at radius 2 is 1.78 bits per heavy atom. The zero-order valence-corrected chi connectivity index (χ0v) is 16.7. The van der Waals surface area contributed by atoms with Gasteiger partial charge in [-0.25, -0.2) is 0 Å². The minimum absolute atomic E-state index is 0.0354. The summed E-state index contributed by atoms with van der Waals surface area (Å²) in [7, 11) is 4.89. The summed E-state index contributed by atoms with van der Waals surface area (Å²) in [6, 6.07) is 0. The van der Waals surface area contributed by atoms with Gasteiger partial charge in [-0.2, -0.15) is 0 Å². The van der Waals surface area contributed by atoms with Crippen molar-refractivity contribution in [2.24, 2.45) is 11.8 Å². The molecule has 6 atom stereocenters. The Bertz CT molecular complexity index is 553. The highest BCUT2D eigenvalue weighted by Crippen LogP contribution is 2.78. The first-order chi connectivity index (χ1) is 10.9. The number of hydrogen-bond donors (Lipinski definition) is 0. The monoisotopic (exact) mass is 452 g/mol. The largest absolute Gasteiger partial charge is 0.379 e. The van der Waals surface area contributed by atoms with Crippen LogP contribution >= 0.6 is 31.9 Å². The van der Waals surface area contributed by atoms with Crippen molar-refractivity contribution < 1.29 is 23.7 Å². The molecule has 0 amide bonds. The number of Topliss-reactive ketones (excluding diaryl/α,β-unsaturated/α-hetero) is 1. The molecular weight excluding hydrogens is 432 g/mol. The number of carbonyl (C=O) groups is 1. The van der Waals surface area contributed by atoms with Gasteiger partial charge in [-0.1, -0.05) is 38.3 Å². The van der Waals surface area contributed by atoms with Gasteiger partial charge in [0.05, 0.1) is 12.7 Å². The van der Waals surface area contributed by atoms with Gasteiger partial charge < -0.3 is 18.9 Å². The van der Waals surface area contributed by atoms with Gasteiger partial charge in [0.1, 0.15) is 8.65 Å². The van der Waals surface area contributed by atoms with Gasteiger partial charge in [-0.3, -0.25) is 4.79 Å². The number of hydrogen-bond acceptors (Lipinski definition) is 5. The van der Waals surface area contributed by atoms with Crippen LogP contribution in [0.1, 0.15) is 25.7 Å². The highest BCUT2D eigenvalue weighted by Gasteiger charge is 2.94. The number of ether oxygens (including phenoxy) is 4. The van der Waals surface area contributed by atoms with Gasteiger partial charge in [0.2, 0.25) is 5.79 Å². The molecule has 1 heterocycles. The number of halogens is 2. The SMILES string of the molecule is CO[C@H]1CO[C@]2(C1)C(=O)[C@]1(Br)[C@@H]3CCC[C@@H]3[C@@]2(Br)C1(OC)OC. The Morgan fingerprint density at radius 3 is 2.35 bits per heavy atom. The van der Waals surface area contributed by atoms with Gasteiger partial charge in [0.15, 0.2) is 11.4 Å². The van der Waals surface area contributed by atoms with Gasteiger partial charge in [-0.05, 0) is 24.7 Å². The molecule has 0 aromatic rings. The van der Waals surface area contributed by atoms with Crippen LogP contribution < -0.4 is 0 Å². The van der Waals surface area contributed by atoms with E-state index >= 15 is 0 Å². The lowest BCUT2D eigenvalue weighted by atomic mass is 9.70. The summed E-state index contributed by atoms with van der Waals surface area (Å²) in [4.78, 5) is 13.6. The van der Waals surface area contributed by atoms with E-state index in [1.807, 2.05) is 0 Å². The molecule has 3 aliphatic carbocycles. The summed E-state index contributed by atoms with van der Waals surface area (Å²) in [6.45, 7) is 0.416. The van der Waals surface area contributed by atoms with Crippen LogP contribution in [0.25, 0.3) is 0 Å². The van der Waals surface area contributed by atoms with Crippen molar-refractivity contribution in [3.63, 3.8) is 0 Å². The Balaban J connectivity index is 1.95. The molecule has 3 saturated carbocycles. The fraction of sp³-hybridized carbons (Fsp3) is 0.938.